The molecule has 0 heterocycles. The maximum absolute atomic E-state index is 12.6. The Labute approximate surface area is 143 Å². The van der Waals surface area contributed by atoms with Crippen molar-refractivity contribution in [3.05, 3.63) is 70.3 Å². The lowest BCUT2D eigenvalue weighted by Gasteiger charge is -2.24. The molecular weight excluding hydrogens is 298 g/mol. The largest absolute Gasteiger partial charge is 0.379 e. The fraction of sp³-hybridized carbons (Fsp3) is 0.381. The van der Waals surface area contributed by atoms with E-state index in [4.69, 9.17) is 0 Å². The van der Waals surface area contributed by atoms with Crippen LogP contribution in [0.3, 0.4) is 0 Å². The van der Waals surface area contributed by atoms with Crippen molar-refractivity contribution in [2.75, 3.05) is 0 Å². The fourth-order valence-corrected chi connectivity index (χ4v) is 3.57. The molecule has 1 aliphatic carbocycles. The molecular formula is C21H25NO2. The van der Waals surface area contributed by atoms with Crippen LogP contribution in [0.2, 0.25) is 0 Å². The van der Waals surface area contributed by atoms with Crippen LogP contribution in [-0.2, 0) is 24.1 Å². The quantitative estimate of drug-likeness (QED) is 0.909. The first kappa shape index (κ1) is 16.7. The van der Waals surface area contributed by atoms with E-state index in [2.05, 4.69) is 37.4 Å². The Balaban J connectivity index is 1.64. The molecule has 1 amide bonds. The van der Waals surface area contributed by atoms with Crippen LogP contribution in [-0.4, -0.2) is 22.7 Å². The highest BCUT2D eigenvalue weighted by Gasteiger charge is 2.42. The Bertz CT molecular complexity index is 741. The van der Waals surface area contributed by atoms with Gasteiger partial charge in [0.1, 0.15) is 0 Å². The van der Waals surface area contributed by atoms with Gasteiger partial charge in [-0.2, -0.15) is 0 Å². The van der Waals surface area contributed by atoms with E-state index in [1.54, 1.807) is 0 Å². The van der Waals surface area contributed by atoms with Crippen molar-refractivity contribution in [1.82, 2.24) is 5.32 Å². The van der Waals surface area contributed by atoms with Gasteiger partial charge in [-0.1, -0.05) is 48.0 Å². The van der Waals surface area contributed by atoms with Crippen LogP contribution in [0.1, 0.15) is 34.7 Å². The Morgan fingerprint density at radius 1 is 1.17 bits per heavy atom. The number of nitrogens with one attached hydrogen (secondary N) is 1. The van der Waals surface area contributed by atoms with Gasteiger partial charge in [-0.15, -0.1) is 0 Å². The second-order valence-electron chi connectivity index (χ2n) is 7.16. The van der Waals surface area contributed by atoms with Gasteiger partial charge in [0.15, 0.2) is 5.60 Å². The predicted octanol–water partition coefficient (Wildman–Crippen LogP) is 2.88. The minimum absolute atomic E-state index is 0.0216. The molecule has 24 heavy (non-hydrogen) atoms. The van der Waals surface area contributed by atoms with E-state index in [9.17, 15) is 9.90 Å². The second kappa shape index (κ2) is 6.40. The lowest BCUT2D eigenvalue weighted by molar-refractivity contribution is -0.139. The van der Waals surface area contributed by atoms with E-state index in [0.717, 1.165) is 17.5 Å². The highest BCUT2D eigenvalue weighted by atomic mass is 16.3. The van der Waals surface area contributed by atoms with Crippen LogP contribution in [0, 0.1) is 13.8 Å². The summed E-state index contributed by atoms with van der Waals surface area (Å²) in [5.41, 5.74) is 4.53. The number of aryl methyl sites for hydroxylation is 2. The maximum atomic E-state index is 12.6. The van der Waals surface area contributed by atoms with E-state index in [-0.39, 0.29) is 11.9 Å². The Morgan fingerprint density at radius 3 is 2.38 bits per heavy atom. The Hall–Kier alpha value is -2.13. The first-order chi connectivity index (χ1) is 11.4. The predicted molar refractivity (Wildman–Crippen MR) is 96.0 cm³/mol. The SMILES string of the molecule is Cc1ccc(C[C@H](C)NC(=O)C2(O)Cc3ccccc3C2)c(C)c1. The van der Waals surface area contributed by atoms with Gasteiger partial charge >= 0.3 is 0 Å². The molecule has 0 unspecified atom stereocenters. The van der Waals surface area contributed by atoms with Crippen molar-refractivity contribution >= 4 is 5.91 Å². The summed E-state index contributed by atoms with van der Waals surface area (Å²) < 4.78 is 0. The molecule has 0 aliphatic heterocycles. The van der Waals surface area contributed by atoms with E-state index >= 15 is 0 Å². The molecule has 126 valence electrons. The number of hydrogen-bond acceptors (Lipinski definition) is 2. The average molecular weight is 323 g/mol. The van der Waals surface area contributed by atoms with Crippen LogP contribution in [0.25, 0.3) is 0 Å². The van der Waals surface area contributed by atoms with Gasteiger partial charge in [-0.05, 0) is 49.4 Å². The molecule has 2 aromatic carbocycles. The minimum Gasteiger partial charge on any atom is -0.379 e. The van der Waals surface area contributed by atoms with Gasteiger partial charge in [0.25, 0.3) is 5.91 Å². The first-order valence-electron chi connectivity index (χ1n) is 8.54. The summed E-state index contributed by atoms with van der Waals surface area (Å²) in [4.78, 5) is 12.6. The molecule has 0 saturated carbocycles. The highest BCUT2D eigenvalue weighted by Crippen LogP contribution is 2.30. The zero-order chi connectivity index (χ0) is 17.3. The summed E-state index contributed by atoms with van der Waals surface area (Å²) in [6, 6.07) is 14.2. The van der Waals surface area contributed by atoms with Crippen molar-refractivity contribution in [2.24, 2.45) is 0 Å². The molecule has 0 bridgehead atoms. The van der Waals surface area contributed by atoms with Crippen LogP contribution in [0.4, 0.5) is 0 Å². The third-order valence-electron chi connectivity index (χ3n) is 4.91. The monoisotopic (exact) mass is 323 g/mol. The molecule has 0 saturated heterocycles. The van der Waals surface area contributed by atoms with E-state index in [0.29, 0.717) is 12.8 Å². The number of hydrogen-bond donors (Lipinski definition) is 2. The summed E-state index contributed by atoms with van der Waals surface area (Å²) in [5.74, 6) is -0.268. The number of benzene rings is 2. The van der Waals surface area contributed by atoms with Crippen molar-refractivity contribution in [1.29, 1.82) is 0 Å². The zero-order valence-electron chi connectivity index (χ0n) is 14.6. The molecule has 3 nitrogen and oxygen atoms in total. The van der Waals surface area contributed by atoms with Gasteiger partial charge in [0, 0.05) is 18.9 Å². The number of carbonyl (C=O) groups excluding carboxylic acids is 1. The van der Waals surface area contributed by atoms with Crippen molar-refractivity contribution in [3.63, 3.8) is 0 Å². The number of aliphatic hydroxyl groups is 1. The van der Waals surface area contributed by atoms with Gasteiger partial charge in [-0.25, -0.2) is 0 Å². The van der Waals surface area contributed by atoms with Gasteiger partial charge < -0.3 is 10.4 Å². The lowest BCUT2D eigenvalue weighted by Crippen LogP contribution is -2.50. The van der Waals surface area contributed by atoms with Crippen molar-refractivity contribution in [2.45, 2.75) is 51.7 Å². The molecule has 3 heteroatoms. The summed E-state index contributed by atoms with van der Waals surface area (Å²) in [6.45, 7) is 6.16. The number of carbonyl (C=O) groups is 1. The molecule has 0 spiro atoms. The van der Waals surface area contributed by atoms with Crippen molar-refractivity contribution < 1.29 is 9.90 Å². The van der Waals surface area contributed by atoms with Crippen LogP contribution in [0.5, 0.6) is 0 Å². The Kier molecular flexibility index (Phi) is 4.46. The molecule has 2 aromatic rings. The molecule has 0 aromatic heterocycles. The fourth-order valence-electron chi connectivity index (χ4n) is 3.57. The molecule has 3 rings (SSSR count). The molecule has 1 atom stereocenters. The average Bonchev–Trinajstić information content (AvgIpc) is 2.87. The first-order valence-corrected chi connectivity index (χ1v) is 8.54. The summed E-state index contributed by atoms with van der Waals surface area (Å²) in [5, 5.41) is 13.8. The number of amides is 1. The molecule has 1 aliphatic rings. The normalized spacial score (nSPS) is 16.5. The van der Waals surface area contributed by atoms with E-state index < -0.39 is 5.60 Å². The molecule has 0 radical (unpaired) electrons. The third kappa shape index (κ3) is 3.36. The number of rotatable bonds is 4. The van der Waals surface area contributed by atoms with Crippen molar-refractivity contribution in [3.8, 4) is 0 Å². The highest BCUT2D eigenvalue weighted by molar-refractivity contribution is 5.87. The zero-order valence-corrected chi connectivity index (χ0v) is 14.6. The smallest absolute Gasteiger partial charge is 0.252 e. The lowest BCUT2D eigenvalue weighted by atomic mass is 9.97. The molecule has 2 N–H and O–H groups in total. The third-order valence-corrected chi connectivity index (χ3v) is 4.91. The van der Waals surface area contributed by atoms with E-state index in [1.807, 2.05) is 31.2 Å². The van der Waals surface area contributed by atoms with Gasteiger partial charge in [-0.3, -0.25) is 4.79 Å². The number of fused-ring (bicyclic) bond motifs is 1. The second-order valence-corrected chi connectivity index (χ2v) is 7.16. The van der Waals surface area contributed by atoms with Crippen LogP contribution in [0.15, 0.2) is 42.5 Å². The summed E-state index contributed by atoms with van der Waals surface area (Å²) in [7, 11) is 0. The topological polar surface area (TPSA) is 49.3 Å². The van der Waals surface area contributed by atoms with Crippen LogP contribution >= 0.6 is 0 Å². The van der Waals surface area contributed by atoms with Crippen LogP contribution < -0.4 is 5.32 Å². The standard InChI is InChI=1S/C21H25NO2/c1-14-8-9-17(15(2)10-14)11-16(3)22-20(23)21(24)12-18-6-4-5-7-19(18)13-21/h4-10,16,24H,11-13H2,1-3H3,(H,22,23)/t16-/m0/s1. The van der Waals surface area contributed by atoms with E-state index in [1.165, 1.54) is 16.7 Å². The maximum Gasteiger partial charge on any atom is 0.252 e. The summed E-state index contributed by atoms with van der Waals surface area (Å²) in [6.07, 6.45) is 1.55. The van der Waals surface area contributed by atoms with Gasteiger partial charge in [0.05, 0.1) is 0 Å². The molecule has 0 fully saturated rings. The van der Waals surface area contributed by atoms with Gasteiger partial charge in [0.2, 0.25) is 0 Å². The minimum atomic E-state index is -1.32. The Morgan fingerprint density at radius 2 is 1.79 bits per heavy atom. The summed E-state index contributed by atoms with van der Waals surface area (Å²) >= 11 is 0.